The van der Waals surface area contributed by atoms with E-state index in [0.717, 1.165) is 50.1 Å². The van der Waals surface area contributed by atoms with E-state index in [4.69, 9.17) is 9.40 Å². The fraction of sp³-hybridized carbons (Fsp3) is 0. The first-order valence-electron chi connectivity index (χ1n) is 17.9. The first kappa shape index (κ1) is 29.9. The highest BCUT2D eigenvalue weighted by atomic mass is 32.1. The average Bonchev–Trinajstić information content (AvgIpc) is 3.83. The predicted octanol–water partition coefficient (Wildman–Crippen LogP) is 14.5. The molecule has 0 aliphatic carbocycles. The van der Waals surface area contributed by atoms with Gasteiger partial charge in [-0.15, -0.1) is 11.3 Å². The molecule has 0 aliphatic rings. The van der Waals surface area contributed by atoms with Crippen molar-refractivity contribution in [3.63, 3.8) is 0 Å². The van der Waals surface area contributed by atoms with Gasteiger partial charge in [0.25, 0.3) is 0 Å². The molecular formula is C49H30N2OS. The third-order valence-electron chi connectivity index (χ3n) is 10.4. The molecule has 0 amide bonds. The number of para-hydroxylation sites is 2. The molecule has 0 atom stereocenters. The van der Waals surface area contributed by atoms with E-state index in [9.17, 15) is 0 Å². The molecule has 3 nitrogen and oxygen atoms in total. The molecule has 9 aromatic carbocycles. The van der Waals surface area contributed by atoms with Gasteiger partial charge in [0.05, 0.1) is 5.69 Å². The molecule has 2 aromatic heterocycles. The Morgan fingerprint density at radius 3 is 2.04 bits per heavy atom. The number of hydrogen-bond acceptors (Lipinski definition) is 4. The Morgan fingerprint density at radius 1 is 0.453 bits per heavy atom. The minimum Gasteiger partial charge on any atom is -0.435 e. The van der Waals surface area contributed by atoms with Gasteiger partial charge in [-0.25, -0.2) is 4.98 Å². The highest BCUT2D eigenvalue weighted by Gasteiger charge is 2.22. The molecule has 0 radical (unpaired) electrons. The Labute approximate surface area is 309 Å². The molecule has 2 heterocycles. The van der Waals surface area contributed by atoms with Crippen LogP contribution in [0.3, 0.4) is 0 Å². The lowest BCUT2D eigenvalue weighted by atomic mass is 9.89. The van der Waals surface area contributed by atoms with Crippen molar-refractivity contribution in [1.29, 1.82) is 0 Å². The average molecular weight is 695 g/mol. The number of thiophene rings is 1. The van der Waals surface area contributed by atoms with Gasteiger partial charge in [-0.05, 0) is 87.8 Å². The smallest absolute Gasteiger partial charge is 0.227 e. The molecule has 0 spiro atoms. The van der Waals surface area contributed by atoms with Crippen LogP contribution >= 0.6 is 11.3 Å². The van der Waals surface area contributed by atoms with Crippen LogP contribution < -0.4 is 4.90 Å². The third kappa shape index (κ3) is 4.77. The van der Waals surface area contributed by atoms with Crippen LogP contribution in [0.2, 0.25) is 0 Å². The summed E-state index contributed by atoms with van der Waals surface area (Å²) in [6, 6.07) is 65.1. The Balaban J connectivity index is 1.19. The second-order valence-electron chi connectivity index (χ2n) is 13.5. The summed E-state index contributed by atoms with van der Waals surface area (Å²) in [5.41, 5.74) is 8.28. The number of fused-ring (bicyclic) bond motifs is 10. The van der Waals surface area contributed by atoms with Crippen LogP contribution in [0.4, 0.5) is 17.1 Å². The molecule has 0 fully saturated rings. The van der Waals surface area contributed by atoms with Gasteiger partial charge in [-0.2, -0.15) is 0 Å². The topological polar surface area (TPSA) is 29.3 Å². The molecule has 0 aliphatic heterocycles. The lowest BCUT2D eigenvalue weighted by molar-refractivity contribution is 0.623. The van der Waals surface area contributed by atoms with Crippen molar-refractivity contribution in [2.45, 2.75) is 0 Å². The molecule has 53 heavy (non-hydrogen) atoms. The van der Waals surface area contributed by atoms with Gasteiger partial charge in [0, 0.05) is 53.4 Å². The summed E-state index contributed by atoms with van der Waals surface area (Å²) < 4.78 is 9.26. The van der Waals surface area contributed by atoms with Crippen LogP contribution in [-0.2, 0) is 0 Å². The summed E-state index contributed by atoms with van der Waals surface area (Å²) in [5.74, 6) is 0.630. The van der Waals surface area contributed by atoms with Gasteiger partial charge < -0.3 is 9.32 Å². The van der Waals surface area contributed by atoms with Crippen LogP contribution in [0.5, 0.6) is 0 Å². The highest BCUT2D eigenvalue weighted by molar-refractivity contribution is 7.25. The number of hydrogen-bond donors (Lipinski definition) is 0. The Hall–Kier alpha value is -6.75. The lowest BCUT2D eigenvalue weighted by Crippen LogP contribution is -2.11. The van der Waals surface area contributed by atoms with E-state index >= 15 is 0 Å². The first-order valence-corrected chi connectivity index (χ1v) is 18.7. The SMILES string of the molecule is c1ccc(-c2nc3ccc4ccc5c(-c6ccccc6N(c6ccccc6)c6ccc7c(c6)sc6ccccc67)cc6ccccc6c5c4c3o2)cc1. The van der Waals surface area contributed by atoms with Gasteiger partial charge in [-0.1, -0.05) is 121 Å². The lowest BCUT2D eigenvalue weighted by Gasteiger charge is -2.28. The van der Waals surface area contributed by atoms with Gasteiger partial charge >= 0.3 is 0 Å². The molecule has 11 rings (SSSR count). The van der Waals surface area contributed by atoms with Crippen molar-refractivity contribution < 1.29 is 4.42 Å². The number of rotatable bonds is 5. The second kappa shape index (κ2) is 11.9. The van der Waals surface area contributed by atoms with Gasteiger partial charge in [0.15, 0.2) is 5.58 Å². The van der Waals surface area contributed by atoms with E-state index in [1.807, 2.05) is 41.7 Å². The third-order valence-corrected chi connectivity index (χ3v) is 11.6. The molecule has 4 heteroatoms. The minimum atomic E-state index is 0.630. The van der Waals surface area contributed by atoms with E-state index in [2.05, 4.69) is 157 Å². The molecule has 0 saturated carbocycles. The summed E-state index contributed by atoms with van der Waals surface area (Å²) in [7, 11) is 0. The van der Waals surface area contributed by atoms with Gasteiger partial charge in [0.2, 0.25) is 5.89 Å². The summed E-state index contributed by atoms with van der Waals surface area (Å²) in [5, 5.41) is 9.50. The molecule has 0 unspecified atom stereocenters. The first-order chi connectivity index (χ1) is 26.3. The zero-order valence-corrected chi connectivity index (χ0v) is 29.3. The van der Waals surface area contributed by atoms with Crippen LogP contribution in [0, 0.1) is 0 Å². The summed E-state index contributed by atoms with van der Waals surface area (Å²) in [4.78, 5) is 7.37. The van der Waals surface area contributed by atoms with Crippen LogP contribution in [0.1, 0.15) is 0 Å². The Morgan fingerprint density at radius 2 is 1.15 bits per heavy atom. The summed E-state index contributed by atoms with van der Waals surface area (Å²) in [6.45, 7) is 0. The second-order valence-corrected chi connectivity index (χ2v) is 14.6. The number of oxazole rings is 1. The Bertz CT molecular complexity index is 3180. The van der Waals surface area contributed by atoms with Crippen LogP contribution in [-0.4, -0.2) is 4.98 Å². The highest BCUT2D eigenvalue weighted by Crippen LogP contribution is 2.47. The molecule has 0 bridgehead atoms. The van der Waals surface area contributed by atoms with Crippen molar-refractivity contribution in [1.82, 2.24) is 4.98 Å². The number of anilines is 3. The van der Waals surface area contributed by atoms with E-state index in [1.165, 1.54) is 47.3 Å². The van der Waals surface area contributed by atoms with E-state index in [0.29, 0.717) is 5.89 Å². The Kier molecular flexibility index (Phi) is 6.73. The van der Waals surface area contributed by atoms with Crippen molar-refractivity contribution in [2.24, 2.45) is 0 Å². The normalized spacial score (nSPS) is 11.8. The van der Waals surface area contributed by atoms with Gasteiger partial charge in [-0.3, -0.25) is 0 Å². The van der Waals surface area contributed by atoms with Crippen molar-refractivity contribution in [2.75, 3.05) is 4.90 Å². The molecule has 11 aromatic rings. The molecule has 0 saturated heterocycles. The largest absolute Gasteiger partial charge is 0.435 e. The van der Waals surface area contributed by atoms with Crippen LogP contribution in [0.15, 0.2) is 186 Å². The van der Waals surface area contributed by atoms with Crippen molar-refractivity contribution in [3.8, 4) is 22.6 Å². The van der Waals surface area contributed by atoms with E-state index < -0.39 is 0 Å². The number of benzene rings is 9. The summed E-state index contributed by atoms with van der Waals surface area (Å²) >= 11 is 1.85. The predicted molar refractivity (Wildman–Crippen MR) is 225 cm³/mol. The number of aromatic nitrogens is 1. The summed E-state index contributed by atoms with van der Waals surface area (Å²) in [6.07, 6.45) is 0. The maximum atomic E-state index is 6.69. The fourth-order valence-corrected chi connectivity index (χ4v) is 9.20. The molecule has 0 N–H and O–H groups in total. The van der Waals surface area contributed by atoms with Crippen molar-refractivity contribution >= 4 is 92.0 Å². The monoisotopic (exact) mass is 694 g/mol. The van der Waals surface area contributed by atoms with E-state index in [-0.39, 0.29) is 0 Å². The fourth-order valence-electron chi connectivity index (χ4n) is 8.06. The maximum absolute atomic E-state index is 6.69. The van der Waals surface area contributed by atoms with Gasteiger partial charge in [0.1, 0.15) is 5.52 Å². The quantitative estimate of drug-likeness (QED) is 0.168. The maximum Gasteiger partial charge on any atom is 0.227 e. The molecule has 248 valence electrons. The zero-order valence-electron chi connectivity index (χ0n) is 28.5. The minimum absolute atomic E-state index is 0.630. The van der Waals surface area contributed by atoms with E-state index in [1.54, 1.807) is 0 Å². The van der Waals surface area contributed by atoms with Crippen LogP contribution in [0.25, 0.3) is 86.2 Å². The molecular weight excluding hydrogens is 665 g/mol. The number of nitrogens with zero attached hydrogens (tertiary/aromatic N) is 2. The zero-order chi connectivity index (χ0) is 34.9. The standard InChI is InChI=1S/C49H30N2OS/c1-3-13-32(14-4-1)49-50-42-28-24-31-23-26-40-41(29-33-15-7-8-18-36(33)47(40)46(31)48(42)52-49)37-19-9-11-21-43(37)51(34-16-5-2-6-17-34)35-25-27-39-38-20-10-12-22-44(38)53-45(39)30-35/h1-30H. The van der Waals surface area contributed by atoms with Crippen molar-refractivity contribution in [3.05, 3.63) is 182 Å².